The number of rotatable bonds is 5. The van der Waals surface area contributed by atoms with Gasteiger partial charge >= 0.3 is 0 Å². The largest absolute Gasteiger partial charge is 0.867 e. The Labute approximate surface area is 135 Å². The Hall–Kier alpha value is -2.41. The zero-order valence-corrected chi connectivity index (χ0v) is 13.2. The minimum absolute atomic E-state index is 0.148. The van der Waals surface area contributed by atoms with E-state index in [1.54, 1.807) is 24.3 Å². The molecule has 114 valence electrons. The highest BCUT2D eigenvalue weighted by Crippen LogP contribution is 2.30. The van der Waals surface area contributed by atoms with Crippen LogP contribution in [0.25, 0.3) is 0 Å². The normalized spacial score (nSPS) is 10.8. The standard InChI is InChI=1S/C15H13BrN2O4/c1-2-22-13-5-3-12(4-6-13)17-9-10-7-11(16)8-14(15(10)19)18(20)21/h3-9,19H,2H2,1H3/p-1. The van der Waals surface area contributed by atoms with E-state index in [2.05, 4.69) is 20.9 Å². The first-order chi connectivity index (χ1) is 10.5. The molecule has 0 amide bonds. The van der Waals surface area contributed by atoms with E-state index in [4.69, 9.17) is 4.74 Å². The second kappa shape index (κ2) is 7.04. The fourth-order valence-corrected chi connectivity index (χ4v) is 2.23. The van der Waals surface area contributed by atoms with Crippen molar-refractivity contribution in [2.24, 2.45) is 4.99 Å². The first-order valence-electron chi connectivity index (χ1n) is 6.43. The number of halogens is 1. The maximum Gasteiger partial charge on any atom is 0.263 e. The van der Waals surface area contributed by atoms with Crippen molar-refractivity contribution >= 4 is 33.5 Å². The number of nitrogens with zero attached hydrogens (tertiary/aromatic N) is 2. The molecule has 7 heteroatoms. The maximum absolute atomic E-state index is 11.9. The molecule has 0 saturated heterocycles. The van der Waals surface area contributed by atoms with Gasteiger partial charge in [0.2, 0.25) is 0 Å². The summed E-state index contributed by atoms with van der Waals surface area (Å²) in [5, 5.41) is 22.8. The molecule has 0 aliphatic heterocycles. The van der Waals surface area contributed by atoms with Gasteiger partial charge in [0.1, 0.15) is 5.75 Å². The number of ether oxygens (including phenoxy) is 1. The third-order valence-electron chi connectivity index (χ3n) is 2.76. The second-order valence-corrected chi connectivity index (χ2v) is 5.20. The summed E-state index contributed by atoms with van der Waals surface area (Å²) in [5.41, 5.74) is 0.281. The SMILES string of the molecule is CCOc1ccc(N=Cc2cc(Br)cc([N+](=O)[O-])c2[O-])cc1. The third kappa shape index (κ3) is 3.82. The molecule has 0 unspecified atom stereocenters. The van der Waals surface area contributed by atoms with E-state index in [0.717, 1.165) is 5.75 Å². The summed E-state index contributed by atoms with van der Waals surface area (Å²) in [6.07, 6.45) is 1.32. The summed E-state index contributed by atoms with van der Waals surface area (Å²) in [6.45, 7) is 2.46. The molecule has 0 saturated carbocycles. The molecule has 0 spiro atoms. The van der Waals surface area contributed by atoms with Gasteiger partial charge in [-0.25, -0.2) is 0 Å². The van der Waals surface area contributed by atoms with Crippen LogP contribution in [0.5, 0.6) is 11.5 Å². The molecule has 0 N–H and O–H groups in total. The summed E-state index contributed by atoms with van der Waals surface area (Å²) >= 11 is 3.15. The number of nitro benzene ring substituents is 1. The quantitative estimate of drug-likeness (QED) is 0.461. The Morgan fingerprint density at radius 3 is 2.59 bits per heavy atom. The Kier molecular flexibility index (Phi) is 5.11. The number of benzene rings is 2. The van der Waals surface area contributed by atoms with Crippen molar-refractivity contribution in [1.29, 1.82) is 0 Å². The Balaban J connectivity index is 2.28. The van der Waals surface area contributed by atoms with E-state index in [-0.39, 0.29) is 5.56 Å². The molecule has 0 radical (unpaired) electrons. The van der Waals surface area contributed by atoms with Crippen molar-refractivity contribution in [3.05, 3.63) is 56.5 Å². The summed E-state index contributed by atoms with van der Waals surface area (Å²) < 4.78 is 5.77. The van der Waals surface area contributed by atoms with Crippen LogP contribution in [0.3, 0.4) is 0 Å². The molecule has 0 aliphatic carbocycles. The number of hydrogen-bond donors (Lipinski definition) is 0. The molecular weight excluding hydrogens is 352 g/mol. The van der Waals surface area contributed by atoms with Gasteiger partial charge < -0.3 is 9.84 Å². The number of aliphatic imine (C=N–C) groups is 1. The average Bonchev–Trinajstić information content (AvgIpc) is 2.49. The Bertz CT molecular complexity index is 714. The summed E-state index contributed by atoms with van der Waals surface area (Å²) in [5.74, 6) is 0.0620. The number of nitro groups is 1. The lowest BCUT2D eigenvalue weighted by Crippen LogP contribution is -2.02. The van der Waals surface area contributed by atoms with Crippen LogP contribution in [-0.2, 0) is 0 Å². The van der Waals surface area contributed by atoms with Gasteiger partial charge in [0.15, 0.2) is 0 Å². The van der Waals surface area contributed by atoms with E-state index < -0.39 is 16.4 Å². The van der Waals surface area contributed by atoms with Crippen molar-refractivity contribution in [3.63, 3.8) is 0 Å². The zero-order chi connectivity index (χ0) is 16.1. The van der Waals surface area contributed by atoms with Gasteiger partial charge in [0, 0.05) is 16.8 Å². The molecule has 2 aromatic carbocycles. The van der Waals surface area contributed by atoms with Crippen molar-refractivity contribution in [3.8, 4) is 11.5 Å². The first kappa shape index (κ1) is 16.0. The van der Waals surface area contributed by atoms with Crippen LogP contribution in [0.2, 0.25) is 0 Å². The predicted octanol–water partition coefficient (Wildman–Crippen LogP) is 3.58. The lowest BCUT2D eigenvalue weighted by molar-refractivity contribution is -0.398. The molecule has 6 nitrogen and oxygen atoms in total. The van der Waals surface area contributed by atoms with Crippen LogP contribution in [0.4, 0.5) is 11.4 Å². The molecule has 0 atom stereocenters. The van der Waals surface area contributed by atoms with Crippen LogP contribution in [0.1, 0.15) is 12.5 Å². The van der Waals surface area contributed by atoms with Gasteiger partial charge in [-0.3, -0.25) is 15.1 Å². The van der Waals surface area contributed by atoms with Crippen LogP contribution in [-0.4, -0.2) is 17.7 Å². The van der Waals surface area contributed by atoms with E-state index >= 15 is 0 Å². The summed E-state index contributed by atoms with van der Waals surface area (Å²) in [6, 6.07) is 9.66. The Morgan fingerprint density at radius 1 is 1.32 bits per heavy atom. The van der Waals surface area contributed by atoms with Crippen LogP contribution >= 0.6 is 15.9 Å². The Morgan fingerprint density at radius 2 is 2.00 bits per heavy atom. The van der Waals surface area contributed by atoms with Crippen molar-refractivity contribution in [2.75, 3.05) is 6.61 Å². The fourth-order valence-electron chi connectivity index (χ4n) is 1.77. The topological polar surface area (TPSA) is 87.8 Å². The predicted molar refractivity (Wildman–Crippen MR) is 85.1 cm³/mol. The van der Waals surface area contributed by atoms with E-state index in [0.29, 0.717) is 16.8 Å². The highest BCUT2D eigenvalue weighted by atomic mass is 79.9. The van der Waals surface area contributed by atoms with Crippen molar-refractivity contribution < 1.29 is 14.8 Å². The summed E-state index contributed by atoms with van der Waals surface area (Å²) in [4.78, 5) is 14.3. The van der Waals surface area contributed by atoms with Gasteiger partial charge in [-0.05, 0) is 48.6 Å². The van der Waals surface area contributed by atoms with Gasteiger partial charge in [0.05, 0.1) is 17.2 Å². The van der Waals surface area contributed by atoms with Gasteiger partial charge in [-0.1, -0.05) is 15.9 Å². The summed E-state index contributed by atoms with van der Waals surface area (Å²) in [7, 11) is 0. The first-order valence-corrected chi connectivity index (χ1v) is 7.22. The van der Waals surface area contributed by atoms with Crippen molar-refractivity contribution in [1.82, 2.24) is 0 Å². The lowest BCUT2D eigenvalue weighted by Gasteiger charge is -2.10. The minimum Gasteiger partial charge on any atom is -0.867 e. The van der Waals surface area contributed by atoms with Gasteiger partial charge in [0.25, 0.3) is 5.69 Å². The zero-order valence-electron chi connectivity index (χ0n) is 11.7. The third-order valence-corrected chi connectivity index (χ3v) is 3.22. The molecule has 2 rings (SSSR count). The number of hydrogen-bond acceptors (Lipinski definition) is 5. The molecule has 2 aromatic rings. The fraction of sp³-hybridized carbons (Fsp3) is 0.133. The van der Waals surface area contributed by atoms with Gasteiger partial charge in [-0.15, -0.1) is 0 Å². The lowest BCUT2D eigenvalue weighted by atomic mass is 10.2. The van der Waals surface area contributed by atoms with Gasteiger partial charge in [-0.2, -0.15) is 0 Å². The molecule has 0 heterocycles. The minimum atomic E-state index is -0.707. The average molecular weight is 364 g/mol. The highest BCUT2D eigenvalue weighted by Gasteiger charge is 2.10. The maximum atomic E-state index is 11.9. The molecule has 0 fully saturated rings. The van der Waals surface area contributed by atoms with Crippen LogP contribution in [0, 0.1) is 10.1 Å². The van der Waals surface area contributed by atoms with Crippen molar-refractivity contribution in [2.45, 2.75) is 6.92 Å². The smallest absolute Gasteiger partial charge is 0.263 e. The molecule has 22 heavy (non-hydrogen) atoms. The van der Waals surface area contributed by atoms with E-state index in [1.165, 1.54) is 18.3 Å². The molecule has 0 aliphatic rings. The van der Waals surface area contributed by atoms with E-state index in [9.17, 15) is 15.2 Å². The second-order valence-electron chi connectivity index (χ2n) is 4.29. The van der Waals surface area contributed by atoms with Crippen LogP contribution in [0.15, 0.2) is 45.9 Å². The molecule has 0 aromatic heterocycles. The molecular formula is C15H12BrN2O4-. The monoisotopic (exact) mass is 363 g/mol. The highest BCUT2D eigenvalue weighted by molar-refractivity contribution is 9.10. The van der Waals surface area contributed by atoms with Crippen LogP contribution < -0.4 is 9.84 Å². The van der Waals surface area contributed by atoms with E-state index in [1.807, 2.05) is 6.92 Å². The molecule has 0 bridgehead atoms.